The van der Waals surface area contributed by atoms with Gasteiger partial charge in [-0.1, -0.05) is 60.7 Å². The second-order valence-corrected chi connectivity index (χ2v) is 8.22. The second kappa shape index (κ2) is 11.7. The average molecular weight is 442 g/mol. The van der Waals surface area contributed by atoms with Gasteiger partial charge in [-0.05, 0) is 38.3 Å². The normalized spacial score (nSPS) is 11.8. The van der Waals surface area contributed by atoms with Gasteiger partial charge < -0.3 is 14.8 Å². The lowest BCUT2D eigenvalue weighted by Gasteiger charge is -2.28. The molecule has 32 heavy (non-hydrogen) atoms. The number of methoxy groups -OCH3 is 1. The molecule has 0 aliphatic heterocycles. The highest BCUT2D eigenvalue weighted by atomic mass is 16.6. The van der Waals surface area contributed by atoms with Crippen LogP contribution in [0.25, 0.3) is 0 Å². The molecule has 2 rings (SSSR count). The van der Waals surface area contributed by atoms with Crippen molar-refractivity contribution in [3.8, 4) is 0 Å². The molecule has 0 fully saturated rings. The molecule has 0 bridgehead atoms. The van der Waals surface area contributed by atoms with Crippen molar-refractivity contribution in [2.24, 2.45) is 0 Å². The van der Waals surface area contributed by atoms with E-state index < -0.39 is 29.7 Å². The quantitative estimate of drug-likeness (QED) is 0.507. The van der Waals surface area contributed by atoms with Gasteiger partial charge in [0.2, 0.25) is 0 Å². The molecule has 2 aromatic rings. The van der Waals surface area contributed by atoms with Crippen LogP contribution in [-0.4, -0.2) is 48.4 Å². The fourth-order valence-electron chi connectivity index (χ4n) is 2.92. The van der Waals surface area contributed by atoms with E-state index in [1.54, 1.807) is 20.8 Å². The van der Waals surface area contributed by atoms with Crippen LogP contribution in [0.3, 0.4) is 0 Å². The Hall–Kier alpha value is -3.55. The van der Waals surface area contributed by atoms with Gasteiger partial charge in [-0.15, -0.1) is 0 Å². The largest absolute Gasteiger partial charge is 0.467 e. The Labute approximate surface area is 188 Å². The van der Waals surface area contributed by atoms with E-state index in [-0.39, 0.29) is 13.0 Å². The van der Waals surface area contributed by atoms with E-state index in [1.807, 2.05) is 60.7 Å². The molecule has 8 heteroatoms. The molecule has 0 saturated heterocycles. The molecule has 0 radical (unpaired) electrons. The highest BCUT2D eigenvalue weighted by Gasteiger charge is 2.27. The smallest absolute Gasteiger partial charge is 0.426 e. The highest BCUT2D eigenvalue weighted by Crippen LogP contribution is 2.09. The summed E-state index contributed by atoms with van der Waals surface area (Å²) < 4.78 is 10.1. The average Bonchev–Trinajstić information content (AvgIpc) is 2.75. The number of amides is 3. The van der Waals surface area contributed by atoms with Gasteiger partial charge in [0, 0.05) is 13.0 Å². The van der Waals surface area contributed by atoms with E-state index in [4.69, 9.17) is 9.47 Å². The summed E-state index contributed by atoms with van der Waals surface area (Å²) in [5.41, 5.74) is 3.60. The van der Waals surface area contributed by atoms with Crippen LogP contribution in [0.5, 0.6) is 0 Å². The predicted octanol–water partition coefficient (Wildman–Crippen LogP) is 3.46. The van der Waals surface area contributed by atoms with E-state index in [0.717, 1.165) is 16.1 Å². The molecule has 2 aromatic carbocycles. The molecule has 0 aromatic heterocycles. The summed E-state index contributed by atoms with van der Waals surface area (Å²) in [4.78, 5) is 37.6. The molecule has 3 amide bonds. The maximum atomic E-state index is 13.0. The van der Waals surface area contributed by atoms with Crippen LogP contribution >= 0.6 is 0 Å². The number of nitrogens with zero attached hydrogens (tertiary/aromatic N) is 1. The first-order chi connectivity index (χ1) is 15.2. The van der Waals surface area contributed by atoms with Gasteiger partial charge >= 0.3 is 18.1 Å². The monoisotopic (exact) mass is 441 g/mol. The number of carbonyl (C=O) groups excluding carboxylic acids is 3. The molecule has 0 saturated carbocycles. The summed E-state index contributed by atoms with van der Waals surface area (Å²) in [6.07, 6.45) is -0.0254. The summed E-state index contributed by atoms with van der Waals surface area (Å²) in [5.74, 6) is -0.581. The van der Waals surface area contributed by atoms with Crippen LogP contribution in [-0.2, 0) is 27.1 Å². The van der Waals surface area contributed by atoms with Crippen LogP contribution < -0.4 is 10.7 Å². The zero-order valence-corrected chi connectivity index (χ0v) is 19.0. The predicted molar refractivity (Wildman–Crippen MR) is 121 cm³/mol. The van der Waals surface area contributed by atoms with Crippen LogP contribution in [0.4, 0.5) is 9.59 Å². The first-order valence-corrected chi connectivity index (χ1v) is 10.4. The molecule has 2 N–H and O–H groups in total. The number of rotatable bonds is 7. The Morgan fingerprint density at radius 3 is 2.03 bits per heavy atom. The minimum absolute atomic E-state index is 0.175. The van der Waals surface area contributed by atoms with E-state index in [2.05, 4.69) is 10.7 Å². The third-order valence-electron chi connectivity index (χ3n) is 4.40. The summed E-state index contributed by atoms with van der Waals surface area (Å²) in [6, 6.07) is 17.3. The first kappa shape index (κ1) is 24.7. The topological polar surface area (TPSA) is 97.0 Å². The molecule has 1 atom stereocenters. The van der Waals surface area contributed by atoms with Crippen LogP contribution in [0.15, 0.2) is 60.7 Å². The number of benzene rings is 2. The van der Waals surface area contributed by atoms with Gasteiger partial charge in [0.1, 0.15) is 11.6 Å². The molecular weight excluding hydrogens is 410 g/mol. The Balaban J connectivity index is 2.13. The van der Waals surface area contributed by atoms with Gasteiger partial charge in [0.05, 0.1) is 7.11 Å². The lowest BCUT2D eigenvalue weighted by atomic mass is 10.1. The fourth-order valence-corrected chi connectivity index (χ4v) is 2.92. The van der Waals surface area contributed by atoms with Crippen molar-refractivity contribution >= 4 is 18.1 Å². The van der Waals surface area contributed by atoms with Gasteiger partial charge in [-0.3, -0.25) is 0 Å². The SMILES string of the molecule is COC(=O)[C@H](Cc1ccccc1)NC(=O)N(CCc1ccccc1)NC(=O)OC(C)(C)C. The molecule has 8 nitrogen and oxygen atoms in total. The standard InChI is InChI=1S/C24H31N3O5/c1-24(2,3)32-23(30)26-27(16-15-18-11-7-5-8-12-18)22(29)25-20(21(28)31-4)17-19-13-9-6-10-14-19/h5-14,20H,15-17H2,1-4H3,(H,25,29)(H,26,30)/t20-/m0/s1. The second-order valence-electron chi connectivity index (χ2n) is 8.22. The van der Waals surface area contributed by atoms with Gasteiger partial charge in [0.15, 0.2) is 0 Å². The fraction of sp³-hybridized carbons (Fsp3) is 0.375. The van der Waals surface area contributed by atoms with Crippen LogP contribution in [0.1, 0.15) is 31.9 Å². The number of nitrogens with one attached hydrogen (secondary N) is 2. The van der Waals surface area contributed by atoms with Crippen molar-refractivity contribution in [3.05, 3.63) is 71.8 Å². The van der Waals surface area contributed by atoms with Gasteiger partial charge in [-0.2, -0.15) is 0 Å². The first-order valence-electron chi connectivity index (χ1n) is 10.4. The van der Waals surface area contributed by atoms with E-state index >= 15 is 0 Å². The Morgan fingerprint density at radius 1 is 0.938 bits per heavy atom. The molecule has 172 valence electrons. The summed E-state index contributed by atoms with van der Waals surface area (Å²) in [5, 5.41) is 3.78. The maximum Gasteiger partial charge on any atom is 0.426 e. The van der Waals surface area contributed by atoms with Crippen molar-refractivity contribution in [1.29, 1.82) is 0 Å². The number of hydrogen-bond donors (Lipinski definition) is 2. The minimum Gasteiger partial charge on any atom is -0.467 e. The van der Waals surface area contributed by atoms with Crippen molar-refractivity contribution in [1.82, 2.24) is 15.8 Å². The van der Waals surface area contributed by atoms with Crippen molar-refractivity contribution in [2.45, 2.75) is 45.3 Å². The molecule has 0 unspecified atom stereocenters. The van der Waals surface area contributed by atoms with Crippen LogP contribution in [0.2, 0.25) is 0 Å². The van der Waals surface area contributed by atoms with Crippen molar-refractivity contribution < 1.29 is 23.9 Å². The maximum absolute atomic E-state index is 13.0. The summed E-state index contributed by atoms with van der Waals surface area (Å²) >= 11 is 0. The number of hydrazine groups is 1. The van der Waals surface area contributed by atoms with E-state index in [9.17, 15) is 14.4 Å². The molecule has 0 heterocycles. The Kier molecular flexibility index (Phi) is 9.07. The number of hydrogen-bond acceptors (Lipinski definition) is 5. The van der Waals surface area contributed by atoms with Gasteiger partial charge in [0.25, 0.3) is 0 Å². The third-order valence-corrected chi connectivity index (χ3v) is 4.40. The molecular formula is C24H31N3O5. The lowest BCUT2D eigenvalue weighted by Crippen LogP contribution is -2.56. The highest BCUT2D eigenvalue weighted by molar-refractivity contribution is 5.84. The zero-order valence-electron chi connectivity index (χ0n) is 19.0. The summed E-state index contributed by atoms with van der Waals surface area (Å²) in [7, 11) is 1.26. The van der Waals surface area contributed by atoms with Crippen molar-refractivity contribution in [3.63, 3.8) is 0 Å². The van der Waals surface area contributed by atoms with Crippen LogP contribution in [0, 0.1) is 0 Å². The lowest BCUT2D eigenvalue weighted by molar-refractivity contribution is -0.142. The third kappa shape index (κ3) is 8.67. The van der Waals surface area contributed by atoms with Gasteiger partial charge in [-0.25, -0.2) is 24.8 Å². The Morgan fingerprint density at radius 2 is 1.50 bits per heavy atom. The molecule has 0 aliphatic carbocycles. The summed E-state index contributed by atoms with van der Waals surface area (Å²) in [6.45, 7) is 5.37. The number of urea groups is 1. The molecule has 0 spiro atoms. The number of carbonyl (C=O) groups is 3. The van der Waals surface area contributed by atoms with E-state index in [1.165, 1.54) is 7.11 Å². The zero-order chi connectivity index (χ0) is 23.6. The minimum atomic E-state index is -0.922. The molecule has 0 aliphatic rings. The van der Waals surface area contributed by atoms with Crippen molar-refractivity contribution in [2.75, 3.05) is 13.7 Å². The number of ether oxygens (including phenoxy) is 2. The Bertz CT molecular complexity index is 882. The van der Waals surface area contributed by atoms with E-state index in [0.29, 0.717) is 6.42 Å². The number of esters is 1.